The second-order valence-electron chi connectivity index (χ2n) is 5.44. The lowest BCUT2D eigenvalue weighted by Gasteiger charge is -2.09. The van der Waals surface area contributed by atoms with Crippen molar-refractivity contribution in [3.05, 3.63) is 65.2 Å². The second kappa shape index (κ2) is 7.11. The molecule has 0 heterocycles. The summed E-state index contributed by atoms with van der Waals surface area (Å²) < 4.78 is 5.85. The predicted molar refractivity (Wildman–Crippen MR) is 83.9 cm³/mol. The van der Waals surface area contributed by atoms with Crippen LogP contribution >= 0.6 is 0 Å². The van der Waals surface area contributed by atoms with E-state index in [-0.39, 0.29) is 6.04 Å². The Morgan fingerprint density at radius 1 is 1.05 bits per heavy atom. The van der Waals surface area contributed by atoms with Crippen LogP contribution in [0.3, 0.4) is 0 Å². The van der Waals surface area contributed by atoms with Crippen molar-refractivity contribution in [2.24, 2.45) is 5.73 Å². The molecule has 0 amide bonds. The molecule has 0 aliphatic rings. The summed E-state index contributed by atoms with van der Waals surface area (Å²) >= 11 is 0. The van der Waals surface area contributed by atoms with Gasteiger partial charge in [0.05, 0.1) is 0 Å². The monoisotopic (exact) mass is 269 g/mol. The minimum Gasteiger partial charge on any atom is -0.489 e. The van der Waals surface area contributed by atoms with Crippen molar-refractivity contribution >= 4 is 0 Å². The van der Waals surface area contributed by atoms with Gasteiger partial charge in [-0.2, -0.15) is 0 Å². The number of hydrogen-bond acceptors (Lipinski definition) is 2. The zero-order valence-corrected chi connectivity index (χ0v) is 12.3. The molecule has 2 heteroatoms. The standard InChI is InChI=1S/C18H23NO/c1-14-6-9-17(10-7-14)13-20-18-5-3-4-16(12-18)11-8-15(2)19/h3-7,9-10,12,15H,8,11,13,19H2,1-2H3. The molecule has 0 aliphatic carbocycles. The highest BCUT2D eigenvalue weighted by atomic mass is 16.5. The van der Waals surface area contributed by atoms with Gasteiger partial charge in [-0.25, -0.2) is 0 Å². The predicted octanol–water partition coefficient (Wildman–Crippen LogP) is 3.85. The van der Waals surface area contributed by atoms with E-state index < -0.39 is 0 Å². The maximum atomic E-state index is 5.85. The Bertz CT molecular complexity index is 531. The highest BCUT2D eigenvalue weighted by molar-refractivity contribution is 5.29. The van der Waals surface area contributed by atoms with E-state index in [0.29, 0.717) is 6.61 Å². The van der Waals surface area contributed by atoms with Gasteiger partial charge in [0.2, 0.25) is 0 Å². The molecular formula is C18H23NO. The maximum Gasteiger partial charge on any atom is 0.120 e. The molecular weight excluding hydrogens is 246 g/mol. The van der Waals surface area contributed by atoms with E-state index in [1.54, 1.807) is 0 Å². The largest absolute Gasteiger partial charge is 0.489 e. The molecule has 2 rings (SSSR count). The van der Waals surface area contributed by atoms with Crippen LogP contribution in [0, 0.1) is 6.92 Å². The summed E-state index contributed by atoms with van der Waals surface area (Å²) in [4.78, 5) is 0. The lowest BCUT2D eigenvalue weighted by molar-refractivity contribution is 0.306. The van der Waals surface area contributed by atoms with Gasteiger partial charge in [-0.3, -0.25) is 0 Å². The SMILES string of the molecule is Cc1ccc(COc2cccc(CCC(C)N)c2)cc1. The first-order chi connectivity index (χ1) is 9.63. The number of hydrogen-bond donors (Lipinski definition) is 1. The first-order valence-electron chi connectivity index (χ1n) is 7.16. The van der Waals surface area contributed by atoms with Gasteiger partial charge >= 0.3 is 0 Å². The molecule has 20 heavy (non-hydrogen) atoms. The van der Waals surface area contributed by atoms with Gasteiger partial charge in [0.15, 0.2) is 0 Å². The molecule has 2 nitrogen and oxygen atoms in total. The van der Waals surface area contributed by atoms with Gasteiger partial charge in [0, 0.05) is 6.04 Å². The van der Waals surface area contributed by atoms with Gasteiger partial charge in [0.1, 0.15) is 12.4 Å². The van der Waals surface area contributed by atoms with Crippen molar-refractivity contribution in [1.29, 1.82) is 0 Å². The summed E-state index contributed by atoms with van der Waals surface area (Å²) in [6.07, 6.45) is 2.00. The summed E-state index contributed by atoms with van der Waals surface area (Å²) in [5.41, 5.74) is 9.54. The fourth-order valence-electron chi connectivity index (χ4n) is 2.04. The summed E-state index contributed by atoms with van der Waals surface area (Å²) in [6.45, 7) is 4.74. The molecule has 0 fully saturated rings. The van der Waals surface area contributed by atoms with Crippen molar-refractivity contribution < 1.29 is 4.74 Å². The molecule has 1 unspecified atom stereocenters. The van der Waals surface area contributed by atoms with Crippen molar-refractivity contribution in [1.82, 2.24) is 0 Å². The minimum atomic E-state index is 0.243. The van der Waals surface area contributed by atoms with E-state index in [0.717, 1.165) is 18.6 Å². The first kappa shape index (κ1) is 14.6. The number of rotatable bonds is 6. The Labute approximate surface area is 121 Å². The molecule has 0 radical (unpaired) electrons. The third-order valence-corrected chi connectivity index (χ3v) is 3.31. The van der Waals surface area contributed by atoms with E-state index in [9.17, 15) is 0 Å². The molecule has 0 spiro atoms. The molecule has 0 aliphatic heterocycles. The number of aryl methyl sites for hydroxylation is 2. The van der Waals surface area contributed by atoms with Crippen molar-refractivity contribution in [3.63, 3.8) is 0 Å². The fraction of sp³-hybridized carbons (Fsp3) is 0.333. The van der Waals surface area contributed by atoms with E-state index in [4.69, 9.17) is 10.5 Å². The molecule has 2 N–H and O–H groups in total. The highest BCUT2D eigenvalue weighted by Crippen LogP contribution is 2.17. The molecule has 0 bridgehead atoms. The van der Waals surface area contributed by atoms with Crippen LogP contribution in [0.15, 0.2) is 48.5 Å². The summed E-state index contributed by atoms with van der Waals surface area (Å²) in [5, 5.41) is 0. The normalized spacial score (nSPS) is 12.2. The number of ether oxygens (including phenoxy) is 1. The van der Waals surface area contributed by atoms with Gasteiger partial charge in [0.25, 0.3) is 0 Å². The average Bonchev–Trinajstić information content (AvgIpc) is 2.45. The van der Waals surface area contributed by atoms with Gasteiger partial charge in [-0.15, -0.1) is 0 Å². The molecule has 2 aromatic carbocycles. The maximum absolute atomic E-state index is 5.85. The quantitative estimate of drug-likeness (QED) is 0.864. The first-order valence-corrected chi connectivity index (χ1v) is 7.16. The van der Waals surface area contributed by atoms with Crippen LogP contribution in [0.4, 0.5) is 0 Å². The van der Waals surface area contributed by atoms with Crippen LogP contribution in [-0.2, 0) is 13.0 Å². The number of benzene rings is 2. The van der Waals surface area contributed by atoms with E-state index in [2.05, 4.69) is 43.3 Å². The molecule has 106 valence electrons. The van der Waals surface area contributed by atoms with Crippen molar-refractivity contribution in [2.45, 2.75) is 39.3 Å². The Morgan fingerprint density at radius 2 is 1.80 bits per heavy atom. The van der Waals surface area contributed by atoms with E-state index in [1.807, 2.05) is 19.1 Å². The zero-order chi connectivity index (χ0) is 14.4. The van der Waals surface area contributed by atoms with E-state index >= 15 is 0 Å². The lowest BCUT2D eigenvalue weighted by atomic mass is 10.1. The van der Waals surface area contributed by atoms with Crippen LogP contribution in [0.2, 0.25) is 0 Å². The number of nitrogens with two attached hydrogens (primary N) is 1. The topological polar surface area (TPSA) is 35.2 Å². The second-order valence-corrected chi connectivity index (χ2v) is 5.44. The van der Waals surface area contributed by atoms with Crippen LogP contribution in [0.25, 0.3) is 0 Å². The highest BCUT2D eigenvalue weighted by Gasteiger charge is 2.00. The Balaban J connectivity index is 1.92. The Hall–Kier alpha value is -1.80. The van der Waals surface area contributed by atoms with Gasteiger partial charge < -0.3 is 10.5 Å². The lowest BCUT2D eigenvalue weighted by Crippen LogP contribution is -2.15. The molecule has 0 saturated heterocycles. The van der Waals surface area contributed by atoms with Crippen LogP contribution in [-0.4, -0.2) is 6.04 Å². The van der Waals surface area contributed by atoms with Crippen LogP contribution < -0.4 is 10.5 Å². The van der Waals surface area contributed by atoms with Crippen LogP contribution in [0.1, 0.15) is 30.0 Å². The zero-order valence-electron chi connectivity index (χ0n) is 12.3. The average molecular weight is 269 g/mol. The molecule has 0 saturated carbocycles. The third-order valence-electron chi connectivity index (χ3n) is 3.31. The smallest absolute Gasteiger partial charge is 0.120 e. The Morgan fingerprint density at radius 3 is 2.50 bits per heavy atom. The fourth-order valence-corrected chi connectivity index (χ4v) is 2.04. The van der Waals surface area contributed by atoms with Gasteiger partial charge in [-0.1, -0.05) is 42.0 Å². The third kappa shape index (κ3) is 4.71. The molecule has 2 aromatic rings. The van der Waals surface area contributed by atoms with Crippen LogP contribution in [0.5, 0.6) is 5.75 Å². The molecule has 0 aromatic heterocycles. The Kier molecular flexibility index (Phi) is 5.19. The van der Waals surface area contributed by atoms with Gasteiger partial charge in [-0.05, 0) is 49.9 Å². The summed E-state index contributed by atoms with van der Waals surface area (Å²) in [6, 6.07) is 17.0. The van der Waals surface area contributed by atoms with E-state index in [1.165, 1.54) is 16.7 Å². The summed E-state index contributed by atoms with van der Waals surface area (Å²) in [5.74, 6) is 0.924. The van der Waals surface area contributed by atoms with Crippen molar-refractivity contribution in [3.8, 4) is 5.75 Å². The molecule has 1 atom stereocenters. The summed E-state index contributed by atoms with van der Waals surface area (Å²) in [7, 11) is 0. The van der Waals surface area contributed by atoms with Crippen molar-refractivity contribution in [2.75, 3.05) is 0 Å². The minimum absolute atomic E-state index is 0.243.